The molecule has 1 fully saturated rings. The Hall–Kier alpha value is -5.09. The first-order chi connectivity index (χ1) is 20.7. The van der Waals surface area contributed by atoms with Crippen molar-refractivity contribution in [2.75, 3.05) is 23.7 Å². The number of nitrogens with one attached hydrogen (secondary N) is 3. The highest BCUT2D eigenvalue weighted by atomic mass is 35.5. The molecule has 4 amide bonds. The third kappa shape index (κ3) is 5.82. The number of carboxylic acid groups (broad SMARTS) is 1. The Balaban J connectivity index is 1.27. The molecule has 218 valence electrons. The van der Waals surface area contributed by atoms with E-state index >= 15 is 0 Å². The molecule has 0 saturated carbocycles. The molecule has 2 aliphatic rings. The number of carbonyl (C=O) groups is 4. The Morgan fingerprint density at radius 1 is 1.00 bits per heavy atom. The van der Waals surface area contributed by atoms with Crippen LogP contribution in [-0.4, -0.2) is 53.1 Å². The van der Waals surface area contributed by atoms with E-state index < -0.39 is 29.7 Å². The van der Waals surface area contributed by atoms with E-state index in [1.54, 1.807) is 23.1 Å². The molecule has 43 heavy (non-hydrogen) atoms. The Labute approximate surface area is 251 Å². The number of carbonyl (C=O) groups excluding carboxylic acids is 3. The largest absolute Gasteiger partial charge is 0.465 e. The lowest BCUT2D eigenvalue weighted by Crippen LogP contribution is -2.50. The first-order valence-corrected chi connectivity index (χ1v) is 14.0. The van der Waals surface area contributed by atoms with Crippen LogP contribution < -0.4 is 16.0 Å². The van der Waals surface area contributed by atoms with Gasteiger partial charge in [-0.05, 0) is 58.8 Å². The zero-order valence-corrected chi connectivity index (χ0v) is 23.6. The van der Waals surface area contributed by atoms with E-state index in [-0.39, 0.29) is 24.4 Å². The van der Waals surface area contributed by atoms with Crippen LogP contribution in [0.4, 0.5) is 21.0 Å². The maximum Gasteiger partial charge on any atom is 0.412 e. The van der Waals surface area contributed by atoms with Gasteiger partial charge in [-0.3, -0.25) is 20.2 Å². The fourth-order valence-electron chi connectivity index (χ4n) is 5.74. The molecule has 6 rings (SSSR count). The second kappa shape index (κ2) is 11.3. The van der Waals surface area contributed by atoms with Gasteiger partial charge < -0.3 is 20.1 Å². The number of amides is 4. The number of ether oxygens (including phenoxy) is 1. The van der Waals surface area contributed by atoms with Crippen molar-refractivity contribution in [1.29, 1.82) is 0 Å². The van der Waals surface area contributed by atoms with Gasteiger partial charge in [0.15, 0.2) is 5.60 Å². The molecule has 1 saturated heterocycles. The van der Waals surface area contributed by atoms with Gasteiger partial charge in [-0.1, -0.05) is 54.1 Å². The van der Waals surface area contributed by atoms with E-state index in [2.05, 4.69) is 16.0 Å². The summed E-state index contributed by atoms with van der Waals surface area (Å²) in [6, 6.07) is 23.9. The molecule has 10 nitrogen and oxygen atoms in total. The van der Waals surface area contributed by atoms with Gasteiger partial charge in [0.1, 0.15) is 6.04 Å². The number of anilines is 2. The third-order valence-corrected chi connectivity index (χ3v) is 8.03. The minimum absolute atomic E-state index is 0.103. The fourth-order valence-corrected chi connectivity index (χ4v) is 5.91. The summed E-state index contributed by atoms with van der Waals surface area (Å²) in [7, 11) is 0. The zero-order valence-electron chi connectivity index (χ0n) is 22.8. The number of hydrogen-bond acceptors (Lipinski definition) is 5. The van der Waals surface area contributed by atoms with Crippen LogP contribution in [0.15, 0.2) is 84.9 Å². The maximum atomic E-state index is 14.1. The van der Waals surface area contributed by atoms with E-state index in [0.717, 1.165) is 16.3 Å². The lowest BCUT2D eigenvalue weighted by molar-refractivity contribution is -0.133. The molecule has 4 aromatic rings. The lowest BCUT2D eigenvalue weighted by atomic mass is 9.90. The summed E-state index contributed by atoms with van der Waals surface area (Å²) < 4.78 is 5.79. The van der Waals surface area contributed by atoms with Gasteiger partial charge in [0, 0.05) is 41.2 Å². The van der Waals surface area contributed by atoms with Gasteiger partial charge in [0.2, 0.25) is 5.91 Å². The smallest absolute Gasteiger partial charge is 0.412 e. The van der Waals surface area contributed by atoms with Crippen molar-refractivity contribution in [3.63, 3.8) is 0 Å². The molecule has 0 bridgehead atoms. The molecule has 11 heteroatoms. The molecule has 4 aromatic carbocycles. The van der Waals surface area contributed by atoms with E-state index in [1.807, 2.05) is 42.5 Å². The summed E-state index contributed by atoms with van der Waals surface area (Å²) >= 11 is 6.28. The van der Waals surface area contributed by atoms with Crippen molar-refractivity contribution in [2.24, 2.45) is 0 Å². The van der Waals surface area contributed by atoms with Gasteiger partial charge in [-0.15, -0.1) is 0 Å². The normalized spacial score (nSPS) is 18.0. The molecular formula is C32H27ClN4O6. The second-order valence-corrected chi connectivity index (χ2v) is 11.1. The standard InChI is InChI=1S/C32H27ClN4O6/c33-23-9-12-26-25(17-23)32(43-31(42)36-26)13-14-37(18-32)29(39)27(16-19-5-6-20-3-1-2-4-22(20)15-19)35-28(38)21-7-10-24(11-8-21)34-30(40)41/h1-12,15,17,27,34H,13-14,16,18H2,(H,35,38)(H,36,42)(H,40,41)/t27-,32?/m0/s1. The molecule has 2 heterocycles. The van der Waals surface area contributed by atoms with Crippen LogP contribution in [0, 0.1) is 0 Å². The minimum atomic E-state index is -1.22. The zero-order chi connectivity index (χ0) is 30.1. The number of hydrogen-bond donors (Lipinski definition) is 4. The van der Waals surface area contributed by atoms with Crippen LogP contribution in [0.25, 0.3) is 10.8 Å². The number of nitrogens with zero attached hydrogens (tertiary/aromatic N) is 1. The fraction of sp³-hybridized carbons (Fsp3) is 0.188. The summed E-state index contributed by atoms with van der Waals surface area (Å²) in [4.78, 5) is 52.4. The molecule has 2 aliphatic heterocycles. The Morgan fingerprint density at radius 2 is 1.77 bits per heavy atom. The number of benzene rings is 4. The van der Waals surface area contributed by atoms with Crippen LogP contribution in [0.3, 0.4) is 0 Å². The quantitative estimate of drug-likeness (QED) is 0.228. The molecule has 4 N–H and O–H groups in total. The van der Waals surface area contributed by atoms with Crippen molar-refractivity contribution in [2.45, 2.75) is 24.5 Å². The summed E-state index contributed by atoms with van der Waals surface area (Å²) in [5.41, 5.74) is 1.64. The van der Waals surface area contributed by atoms with Gasteiger partial charge in [0.05, 0.1) is 12.2 Å². The summed E-state index contributed by atoms with van der Waals surface area (Å²) in [6.45, 7) is 0.407. The summed E-state index contributed by atoms with van der Waals surface area (Å²) in [5, 5.41) is 19.3. The number of fused-ring (bicyclic) bond motifs is 3. The minimum Gasteiger partial charge on any atom is -0.465 e. The van der Waals surface area contributed by atoms with Crippen LogP contribution in [0.5, 0.6) is 0 Å². The topological polar surface area (TPSA) is 137 Å². The third-order valence-electron chi connectivity index (χ3n) is 7.80. The first-order valence-electron chi connectivity index (χ1n) is 13.7. The highest BCUT2D eigenvalue weighted by Crippen LogP contribution is 2.44. The molecular weight excluding hydrogens is 572 g/mol. The molecule has 0 aromatic heterocycles. The van der Waals surface area contributed by atoms with Gasteiger partial charge in [0.25, 0.3) is 5.91 Å². The molecule has 1 unspecified atom stereocenters. The Kier molecular flexibility index (Phi) is 7.37. The molecule has 2 atom stereocenters. The highest BCUT2D eigenvalue weighted by molar-refractivity contribution is 6.30. The first kappa shape index (κ1) is 28.0. The van der Waals surface area contributed by atoms with Crippen molar-refractivity contribution in [3.05, 3.63) is 107 Å². The van der Waals surface area contributed by atoms with E-state index in [1.165, 1.54) is 24.3 Å². The monoisotopic (exact) mass is 598 g/mol. The van der Waals surface area contributed by atoms with E-state index in [0.29, 0.717) is 34.9 Å². The highest BCUT2D eigenvalue weighted by Gasteiger charge is 2.49. The Morgan fingerprint density at radius 3 is 2.53 bits per heavy atom. The Bertz CT molecular complexity index is 1760. The van der Waals surface area contributed by atoms with Crippen LogP contribution in [0.2, 0.25) is 5.02 Å². The van der Waals surface area contributed by atoms with Crippen LogP contribution >= 0.6 is 11.6 Å². The van der Waals surface area contributed by atoms with Gasteiger partial charge in [-0.2, -0.15) is 0 Å². The predicted molar refractivity (Wildman–Crippen MR) is 161 cm³/mol. The maximum absolute atomic E-state index is 14.1. The molecule has 0 radical (unpaired) electrons. The van der Waals surface area contributed by atoms with Crippen molar-refractivity contribution >= 4 is 57.7 Å². The van der Waals surface area contributed by atoms with Gasteiger partial charge in [-0.25, -0.2) is 9.59 Å². The van der Waals surface area contributed by atoms with Crippen LogP contribution in [0.1, 0.15) is 27.9 Å². The van der Waals surface area contributed by atoms with Crippen molar-refractivity contribution in [3.8, 4) is 0 Å². The van der Waals surface area contributed by atoms with Gasteiger partial charge >= 0.3 is 12.2 Å². The van der Waals surface area contributed by atoms with Crippen LogP contribution in [-0.2, 0) is 21.6 Å². The van der Waals surface area contributed by atoms with Crippen molar-refractivity contribution < 1.29 is 29.0 Å². The summed E-state index contributed by atoms with van der Waals surface area (Å²) in [5.74, 6) is -0.805. The number of likely N-dealkylation sites (tertiary alicyclic amines) is 1. The van der Waals surface area contributed by atoms with E-state index in [4.69, 9.17) is 21.4 Å². The SMILES string of the molecule is O=C(O)Nc1ccc(C(=O)N[C@@H](Cc2ccc3ccccc3c2)C(=O)N2CCC3(C2)OC(=O)Nc2ccc(Cl)cc23)cc1. The molecule has 1 spiro atoms. The second-order valence-electron chi connectivity index (χ2n) is 10.6. The lowest BCUT2D eigenvalue weighted by Gasteiger charge is -2.35. The average molecular weight is 599 g/mol. The number of rotatable bonds is 6. The van der Waals surface area contributed by atoms with E-state index in [9.17, 15) is 19.2 Å². The predicted octanol–water partition coefficient (Wildman–Crippen LogP) is 5.61. The number of halogens is 1. The summed E-state index contributed by atoms with van der Waals surface area (Å²) in [6.07, 6.45) is -1.23. The average Bonchev–Trinajstić information content (AvgIpc) is 3.41. The van der Waals surface area contributed by atoms with Crippen molar-refractivity contribution in [1.82, 2.24) is 10.2 Å². The molecule has 0 aliphatic carbocycles.